The van der Waals surface area contributed by atoms with Crippen LogP contribution in [-0.2, 0) is 34.5 Å². The van der Waals surface area contributed by atoms with Gasteiger partial charge >= 0.3 is 0 Å². The van der Waals surface area contributed by atoms with E-state index in [2.05, 4.69) is 182 Å². The molecule has 0 atom stereocenters. The second kappa shape index (κ2) is 12.4. The Morgan fingerprint density at radius 3 is 1.08 bits per heavy atom. The molecule has 2 aliphatic carbocycles. The maximum atomic E-state index is 2.65. The van der Waals surface area contributed by atoms with Crippen LogP contribution in [0.2, 0.25) is 12.6 Å². The van der Waals surface area contributed by atoms with Crippen molar-refractivity contribution in [3.8, 4) is 22.3 Å². The van der Waals surface area contributed by atoms with Crippen molar-refractivity contribution < 1.29 is 0 Å². The van der Waals surface area contributed by atoms with Gasteiger partial charge in [-0.1, -0.05) is 198 Å². The lowest BCUT2D eigenvalue weighted by molar-refractivity contribution is 0.568. The van der Waals surface area contributed by atoms with E-state index in [1.807, 2.05) is 0 Å². The summed E-state index contributed by atoms with van der Waals surface area (Å²) in [5, 5.41) is 3.38. The van der Waals surface area contributed by atoms with E-state index in [-0.39, 0.29) is 21.7 Å². The number of hydrogen-bond acceptors (Lipinski definition) is 0. The SMILES string of the molecule is CC[Si](C)(C1=Cc2c(cccc2-c2cc(C(C)(C)C)cc(C(C)(C)C)c2)C1)C1=Cc2c(cccc2-c2cc(C(C)(C)C)cc(C(C)(C)C)c2)C1. The molecule has 2 aliphatic rings. The molecule has 1 heteroatoms. The van der Waals surface area contributed by atoms with Gasteiger partial charge in [-0.3, -0.25) is 0 Å². The van der Waals surface area contributed by atoms with Gasteiger partial charge in [-0.05, 0) is 101 Å². The second-order valence-electron chi connectivity index (χ2n) is 19.7. The highest BCUT2D eigenvalue weighted by Crippen LogP contribution is 2.46. The van der Waals surface area contributed by atoms with Gasteiger partial charge < -0.3 is 0 Å². The highest BCUT2D eigenvalue weighted by atomic mass is 28.3. The molecule has 0 fully saturated rings. The Balaban J connectivity index is 1.43. The third-order valence-corrected chi connectivity index (χ3v) is 16.8. The van der Waals surface area contributed by atoms with Gasteiger partial charge in [0.25, 0.3) is 0 Å². The molecule has 0 bridgehead atoms. The number of allylic oxidation sites excluding steroid dienone is 2. The topological polar surface area (TPSA) is 0 Å². The lowest BCUT2D eigenvalue weighted by Gasteiger charge is -2.30. The highest BCUT2D eigenvalue weighted by Gasteiger charge is 2.39. The minimum absolute atomic E-state index is 0.0911. The van der Waals surface area contributed by atoms with Crippen molar-refractivity contribution in [3.05, 3.63) is 128 Å². The predicted octanol–water partition coefficient (Wildman–Crippen LogP) is 14.0. The zero-order valence-corrected chi connectivity index (χ0v) is 34.7. The van der Waals surface area contributed by atoms with E-state index in [4.69, 9.17) is 0 Å². The van der Waals surface area contributed by atoms with Gasteiger partial charge in [0, 0.05) is 0 Å². The summed E-state index contributed by atoms with van der Waals surface area (Å²) < 4.78 is 0. The third kappa shape index (κ3) is 6.80. The first kappa shape index (κ1) is 36.4. The summed E-state index contributed by atoms with van der Waals surface area (Å²) >= 11 is 0. The number of benzene rings is 4. The Bertz CT molecular complexity index is 1810. The highest BCUT2D eigenvalue weighted by molar-refractivity contribution is 6.93. The van der Waals surface area contributed by atoms with Crippen LogP contribution in [-0.4, -0.2) is 8.07 Å². The Labute approximate surface area is 306 Å². The molecule has 0 aliphatic heterocycles. The van der Waals surface area contributed by atoms with E-state index in [1.165, 1.54) is 72.8 Å². The zero-order valence-electron chi connectivity index (χ0n) is 33.7. The van der Waals surface area contributed by atoms with Crippen molar-refractivity contribution in [2.24, 2.45) is 0 Å². The van der Waals surface area contributed by atoms with Crippen LogP contribution in [0.4, 0.5) is 0 Å². The van der Waals surface area contributed by atoms with E-state index in [1.54, 1.807) is 10.4 Å². The molecule has 262 valence electrons. The summed E-state index contributed by atoms with van der Waals surface area (Å²) in [4.78, 5) is 0. The molecule has 0 amide bonds. The number of rotatable bonds is 5. The molecule has 0 N–H and O–H groups in total. The molecule has 0 saturated heterocycles. The molecule has 4 aromatic carbocycles. The first-order chi connectivity index (χ1) is 23.1. The van der Waals surface area contributed by atoms with Gasteiger partial charge in [-0.2, -0.15) is 0 Å². The third-order valence-electron chi connectivity index (χ3n) is 11.9. The summed E-state index contributed by atoms with van der Waals surface area (Å²) in [5.41, 5.74) is 17.4. The second-order valence-corrected chi connectivity index (χ2v) is 24.4. The molecule has 0 spiro atoms. The Morgan fingerprint density at radius 1 is 0.480 bits per heavy atom. The molecule has 0 saturated carbocycles. The molecule has 50 heavy (non-hydrogen) atoms. The van der Waals surface area contributed by atoms with Crippen LogP contribution in [0.5, 0.6) is 0 Å². The maximum Gasteiger partial charge on any atom is 0.106 e. The molecule has 4 aromatic rings. The summed E-state index contributed by atoms with van der Waals surface area (Å²) in [5.74, 6) is 0. The molecular formula is C49H62Si. The summed E-state index contributed by atoms with van der Waals surface area (Å²) in [6, 6.07) is 30.1. The van der Waals surface area contributed by atoms with E-state index < -0.39 is 8.07 Å². The molecule has 0 heterocycles. The minimum atomic E-state index is -1.94. The van der Waals surface area contributed by atoms with Gasteiger partial charge in [0.1, 0.15) is 8.07 Å². The molecule has 0 nitrogen and oxygen atoms in total. The minimum Gasteiger partial charge on any atom is -0.0712 e. The Morgan fingerprint density at radius 2 is 0.800 bits per heavy atom. The smallest absolute Gasteiger partial charge is 0.0712 e. The van der Waals surface area contributed by atoms with Crippen LogP contribution in [0.25, 0.3) is 34.4 Å². The molecule has 0 aromatic heterocycles. The van der Waals surface area contributed by atoms with Gasteiger partial charge in [0.2, 0.25) is 0 Å². The van der Waals surface area contributed by atoms with Gasteiger partial charge in [-0.15, -0.1) is 0 Å². The molecule has 0 radical (unpaired) electrons. The van der Waals surface area contributed by atoms with E-state index >= 15 is 0 Å². The van der Waals surface area contributed by atoms with Gasteiger partial charge in [0.05, 0.1) is 0 Å². The van der Waals surface area contributed by atoms with E-state index in [0.717, 1.165) is 12.8 Å². The predicted molar refractivity (Wildman–Crippen MR) is 224 cm³/mol. The lowest BCUT2D eigenvalue weighted by Crippen LogP contribution is -2.35. The maximum absolute atomic E-state index is 2.65. The van der Waals surface area contributed by atoms with Gasteiger partial charge in [-0.25, -0.2) is 0 Å². The Hall–Kier alpha value is -3.42. The average Bonchev–Trinajstić information content (AvgIpc) is 3.68. The van der Waals surface area contributed by atoms with Crippen molar-refractivity contribution >= 4 is 20.2 Å². The number of hydrogen-bond donors (Lipinski definition) is 0. The van der Waals surface area contributed by atoms with Crippen molar-refractivity contribution in [1.29, 1.82) is 0 Å². The van der Waals surface area contributed by atoms with Crippen LogP contribution in [0.1, 0.15) is 135 Å². The quantitative estimate of drug-likeness (QED) is 0.184. The molecule has 6 rings (SSSR count). The Kier molecular flexibility index (Phi) is 9.00. The van der Waals surface area contributed by atoms with Crippen molar-refractivity contribution in [2.75, 3.05) is 0 Å². The fraction of sp³-hybridized carbons (Fsp3) is 0.429. The summed E-state index contributed by atoms with van der Waals surface area (Å²) in [6.07, 6.45) is 7.42. The van der Waals surface area contributed by atoms with Crippen LogP contribution in [0.3, 0.4) is 0 Å². The normalized spacial score (nSPS) is 15.2. The molecule has 0 unspecified atom stereocenters. The van der Waals surface area contributed by atoms with Gasteiger partial charge in [0.15, 0.2) is 0 Å². The van der Waals surface area contributed by atoms with Crippen LogP contribution in [0.15, 0.2) is 83.2 Å². The van der Waals surface area contributed by atoms with Crippen LogP contribution in [0, 0.1) is 0 Å². The standard InChI is InChI=1S/C49H62Si/c1-15-50(14,40-26-32-18-16-20-42(44(32)30-40)34-22-36(46(2,3)4)28-37(23-34)47(5,6)7)41-27-33-19-17-21-43(45(33)31-41)35-24-38(48(8,9)10)29-39(25-35)49(11,12)13/h16-25,28-31H,15,26-27H2,1-14H3. The molecular weight excluding hydrogens is 617 g/mol. The largest absolute Gasteiger partial charge is 0.106 e. The van der Waals surface area contributed by atoms with E-state index in [0.29, 0.717) is 0 Å². The summed E-state index contributed by atoms with van der Waals surface area (Å²) in [6.45, 7) is 33.2. The van der Waals surface area contributed by atoms with E-state index in [9.17, 15) is 0 Å². The first-order valence-corrected chi connectivity index (χ1v) is 21.8. The van der Waals surface area contributed by atoms with Crippen molar-refractivity contribution in [1.82, 2.24) is 0 Å². The van der Waals surface area contributed by atoms with Crippen molar-refractivity contribution in [2.45, 2.75) is 137 Å². The fourth-order valence-corrected chi connectivity index (χ4v) is 11.3. The monoisotopic (exact) mass is 678 g/mol. The first-order valence-electron chi connectivity index (χ1n) is 19.1. The van der Waals surface area contributed by atoms with Crippen LogP contribution >= 0.6 is 0 Å². The van der Waals surface area contributed by atoms with Crippen LogP contribution < -0.4 is 0 Å². The summed E-state index contributed by atoms with van der Waals surface area (Å²) in [7, 11) is -1.94. The average molecular weight is 679 g/mol. The zero-order chi connectivity index (χ0) is 36.6. The fourth-order valence-electron chi connectivity index (χ4n) is 7.91. The number of fused-ring (bicyclic) bond motifs is 2. The van der Waals surface area contributed by atoms with Crippen molar-refractivity contribution in [3.63, 3.8) is 0 Å². The lowest BCUT2D eigenvalue weighted by atomic mass is 9.78.